The molecule has 0 fully saturated rings. The summed E-state index contributed by atoms with van der Waals surface area (Å²) in [7, 11) is 1.83. The second-order valence-corrected chi connectivity index (χ2v) is 5.02. The van der Waals surface area contributed by atoms with Crippen LogP contribution in [0.2, 0.25) is 0 Å². The van der Waals surface area contributed by atoms with E-state index in [0.29, 0.717) is 11.0 Å². The molecular formula is C15H13BrFN3. The van der Waals surface area contributed by atoms with Crippen LogP contribution in [0.3, 0.4) is 0 Å². The molecule has 3 rings (SSSR count). The second-order valence-electron chi connectivity index (χ2n) is 4.46. The fourth-order valence-corrected chi connectivity index (χ4v) is 2.79. The number of imidazole rings is 1. The van der Waals surface area contributed by atoms with Gasteiger partial charge in [-0.15, -0.1) is 0 Å². The number of alkyl halides is 1. The zero-order valence-electron chi connectivity index (χ0n) is 10.9. The van der Waals surface area contributed by atoms with E-state index in [2.05, 4.69) is 20.9 Å². The average Bonchev–Trinajstić information content (AvgIpc) is 2.85. The Balaban J connectivity index is 2.17. The fourth-order valence-electron chi connectivity index (χ4n) is 2.26. The third-order valence-electron chi connectivity index (χ3n) is 3.27. The summed E-state index contributed by atoms with van der Waals surface area (Å²) in [5, 5.41) is 0.645. The summed E-state index contributed by atoms with van der Waals surface area (Å²) < 4.78 is 15.9. The summed E-state index contributed by atoms with van der Waals surface area (Å²) in [5.74, 6) is 0.491. The highest BCUT2D eigenvalue weighted by molar-refractivity contribution is 9.08. The van der Waals surface area contributed by atoms with E-state index < -0.39 is 0 Å². The molecular weight excluding hydrogens is 321 g/mol. The molecule has 0 unspecified atom stereocenters. The van der Waals surface area contributed by atoms with Crippen molar-refractivity contribution in [3.63, 3.8) is 0 Å². The van der Waals surface area contributed by atoms with Gasteiger partial charge in [0, 0.05) is 18.6 Å². The molecule has 20 heavy (non-hydrogen) atoms. The van der Waals surface area contributed by atoms with Crippen LogP contribution in [0.4, 0.5) is 15.9 Å². The zero-order chi connectivity index (χ0) is 14.1. The fraction of sp³-hybridized carbons (Fsp3) is 0.133. The Bertz CT molecular complexity index is 754. The van der Waals surface area contributed by atoms with Gasteiger partial charge in [0.2, 0.25) is 0 Å². The molecule has 5 heteroatoms. The third-order valence-corrected chi connectivity index (χ3v) is 3.80. The highest BCUT2D eigenvalue weighted by atomic mass is 79.9. The van der Waals surface area contributed by atoms with Gasteiger partial charge in [-0.1, -0.05) is 34.1 Å². The Morgan fingerprint density at radius 2 is 1.95 bits per heavy atom. The molecule has 0 N–H and O–H groups in total. The summed E-state index contributed by atoms with van der Waals surface area (Å²) in [6.07, 6.45) is 1.96. The second kappa shape index (κ2) is 5.25. The lowest BCUT2D eigenvalue weighted by Gasteiger charge is -2.18. The van der Waals surface area contributed by atoms with E-state index in [4.69, 9.17) is 0 Å². The normalized spacial score (nSPS) is 10.9. The maximum Gasteiger partial charge on any atom is 0.156 e. The van der Waals surface area contributed by atoms with Gasteiger partial charge in [0.15, 0.2) is 5.82 Å². The first kappa shape index (κ1) is 13.1. The summed E-state index contributed by atoms with van der Waals surface area (Å²) >= 11 is 3.49. The largest absolute Gasteiger partial charge is 0.325 e. The van der Waals surface area contributed by atoms with Crippen LogP contribution in [-0.4, -0.2) is 16.4 Å². The molecule has 0 aliphatic rings. The predicted molar refractivity (Wildman–Crippen MR) is 82.3 cm³/mol. The number of halogens is 2. The van der Waals surface area contributed by atoms with Crippen LogP contribution in [0, 0.1) is 5.82 Å². The molecule has 2 aromatic heterocycles. The molecule has 0 bridgehead atoms. The lowest BCUT2D eigenvalue weighted by molar-refractivity contribution is 0.627. The highest BCUT2D eigenvalue weighted by Gasteiger charge is 2.17. The molecule has 0 aliphatic heterocycles. The highest BCUT2D eigenvalue weighted by Crippen LogP contribution is 2.30. The average molecular weight is 334 g/mol. The Labute approximate surface area is 124 Å². The number of hydrogen-bond donors (Lipinski definition) is 0. The van der Waals surface area contributed by atoms with Crippen molar-refractivity contribution in [1.82, 2.24) is 9.38 Å². The number of fused-ring (bicyclic) bond motifs is 1. The number of rotatable bonds is 3. The molecule has 0 saturated heterocycles. The van der Waals surface area contributed by atoms with E-state index in [1.165, 1.54) is 6.07 Å². The maximum absolute atomic E-state index is 13.9. The molecule has 102 valence electrons. The van der Waals surface area contributed by atoms with Gasteiger partial charge in [0.25, 0.3) is 0 Å². The molecule has 3 nitrogen and oxygen atoms in total. The van der Waals surface area contributed by atoms with Crippen molar-refractivity contribution in [3.05, 3.63) is 60.2 Å². The van der Waals surface area contributed by atoms with Gasteiger partial charge in [0.1, 0.15) is 11.5 Å². The van der Waals surface area contributed by atoms with Gasteiger partial charge in [-0.2, -0.15) is 0 Å². The summed E-state index contributed by atoms with van der Waals surface area (Å²) in [5.41, 5.74) is 2.35. The summed E-state index contributed by atoms with van der Waals surface area (Å²) in [6, 6.07) is 12.5. The van der Waals surface area contributed by atoms with Crippen molar-refractivity contribution >= 4 is 33.1 Å². The van der Waals surface area contributed by atoms with Crippen molar-refractivity contribution in [2.75, 3.05) is 11.9 Å². The predicted octanol–water partition coefficient (Wildman–Crippen LogP) is 4.14. The molecule has 1 aromatic carbocycles. The molecule has 0 aliphatic carbocycles. The number of pyridine rings is 1. The maximum atomic E-state index is 13.9. The van der Waals surface area contributed by atoms with Crippen LogP contribution in [0.25, 0.3) is 5.65 Å². The Kier molecular flexibility index (Phi) is 3.44. The first-order valence-electron chi connectivity index (χ1n) is 6.22. The van der Waals surface area contributed by atoms with Crippen LogP contribution in [0.15, 0.2) is 48.7 Å². The van der Waals surface area contributed by atoms with E-state index in [-0.39, 0.29) is 5.82 Å². The minimum atomic E-state index is -0.257. The zero-order valence-corrected chi connectivity index (χ0v) is 12.5. The number of hydrogen-bond acceptors (Lipinski definition) is 2. The monoisotopic (exact) mass is 333 g/mol. The molecule has 3 aromatic rings. The van der Waals surface area contributed by atoms with E-state index in [1.807, 2.05) is 41.9 Å². The SMILES string of the molecule is CN(c1ccccc1F)c1nc2ccccn2c1CBr. The van der Waals surface area contributed by atoms with Crippen molar-refractivity contribution in [2.24, 2.45) is 0 Å². The van der Waals surface area contributed by atoms with E-state index in [1.54, 1.807) is 17.0 Å². The molecule has 0 radical (unpaired) electrons. The van der Waals surface area contributed by atoms with Crippen molar-refractivity contribution in [2.45, 2.75) is 5.33 Å². The van der Waals surface area contributed by atoms with Crippen molar-refractivity contribution < 1.29 is 4.39 Å². The summed E-state index contributed by atoms with van der Waals surface area (Å²) in [6.45, 7) is 0. The Morgan fingerprint density at radius 1 is 1.20 bits per heavy atom. The van der Waals surface area contributed by atoms with Crippen LogP contribution in [-0.2, 0) is 5.33 Å². The molecule has 0 atom stereocenters. The lowest BCUT2D eigenvalue weighted by atomic mass is 10.3. The van der Waals surface area contributed by atoms with Crippen LogP contribution in [0.1, 0.15) is 5.69 Å². The molecule has 2 heterocycles. The van der Waals surface area contributed by atoms with Gasteiger partial charge in [-0.05, 0) is 24.3 Å². The van der Waals surface area contributed by atoms with Gasteiger partial charge >= 0.3 is 0 Å². The first-order chi connectivity index (χ1) is 9.72. The third kappa shape index (κ3) is 2.08. The van der Waals surface area contributed by atoms with Gasteiger partial charge in [-0.25, -0.2) is 9.37 Å². The van der Waals surface area contributed by atoms with Crippen LogP contribution in [0.5, 0.6) is 0 Å². The topological polar surface area (TPSA) is 20.5 Å². The van der Waals surface area contributed by atoms with E-state index in [0.717, 1.165) is 17.2 Å². The number of aromatic nitrogens is 2. The van der Waals surface area contributed by atoms with E-state index in [9.17, 15) is 4.39 Å². The quantitative estimate of drug-likeness (QED) is 0.671. The van der Waals surface area contributed by atoms with Crippen LogP contribution >= 0.6 is 15.9 Å². The number of anilines is 2. The standard InChI is InChI=1S/C15H13BrFN3/c1-19(12-7-3-2-6-11(12)17)15-13(10-16)20-9-5-4-8-14(20)18-15/h2-9H,10H2,1H3. The minimum Gasteiger partial charge on any atom is -0.325 e. The number of para-hydroxylation sites is 1. The number of benzene rings is 1. The van der Waals surface area contributed by atoms with E-state index >= 15 is 0 Å². The van der Waals surface area contributed by atoms with Gasteiger partial charge in [0.05, 0.1) is 11.4 Å². The Morgan fingerprint density at radius 3 is 2.70 bits per heavy atom. The van der Waals surface area contributed by atoms with Crippen molar-refractivity contribution in [1.29, 1.82) is 0 Å². The Hall–Kier alpha value is -1.88. The van der Waals surface area contributed by atoms with Gasteiger partial charge < -0.3 is 9.30 Å². The van der Waals surface area contributed by atoms with Crippen LogP contribution < -0.4 is 4.90 Å². The molecule has 0 amide bonds. The van der Waals surface area contributed by atoms with Gasteiger partial charge in [-0.3, -0.25) is 0 Å². The summed E-state index contributed by atoms with van der Waals surface area (Å²) in [4.78, 5) is 6.37. The first-order valence-corrected chi connectivity index (χ1v) is 7.34. The smallest absolute Gasteiger partial charge is 0.156 e. The molecule has 0 saturated carbocycles. The number of nitrogens with zero attached hydrogens (tertiary/aromatic N) is 3. The minimum absolute atomic E-state index is 0.257. The lowest BCUT2D eigenvalue weighted by Crippen LogP contribution is -2.13. The molecule has 0 spiro atoms. The van der Waals surface area contributed by atoms with Crippen molar-refractivity contribution in [3.8, 4) is 0 Å².